The van der Waals surface area contributed by atoms with E-state index in [9.17, 15) is 9.59 Å². The van der Waals surface area contributed by atoms with Gasteiger partial charge in [-0.05, 0) is 11.8 Å². The molecule has 0 aromatic heterocycles. The van der Waals surface area contributed by atoms with Crippen LogP contribution in [-0.4, -0.2) is 71.2 Å². The summed E-state index contributed by atoms with van der Waals surface area (Å²) in [6.07, 6.45) is 1.81. The second-order valence-corrected chi connectivity index (χ2v) is 5.63. The number of aliphatic imine (C=N–C) groups is 1. The third-order valence-corrected chi connectivity index (χ3v) is 3.91. The summed E-state index contributed by atoms with van der Waals surface area (Å²) >= 11 is 1.19. The molecule has 7 nitrogen and oxygen atoms in total. The van der Waals surface area contributed by atoms with Crippen LogP contribution in [0.4, 0.5) is 0 Å². The molecule has 0 spiro atoms. The number of piperazine rings is 1. The highest BCUT2D eigenvalue weighted by atomic mass is 32.2. The zero-order valence-electron chi connectivity index (χ0n) is 11.3. The third kappa shape index (κ3) is 4.06. The molecule has 0 bridgehead atoms. The third-order valence-electron chi connectivity index (χ3n) is 3.03. The maximum atomic E-state index is 11.7. The quantitative estimate of drug-likeness (QED) is 0.664. The molecule has 0 atom stereocenters. The number of β-amino-alcohol motifs (C(OH)–C–C–N with tert-alkyl or cyclic N) is 1. The van der Waals surface area contributed by atoms with Crippen molar-refractivity contribution in [3.63, 3.8) is 0 Å². The SMILES string of the molecule is CC(=O)NC1=NC(=O)/C(=C/N2CCN(CCO)CC2)S1. The van der Waals surface area contributed by atoms with Crippen molar-refractivity contribution in [2.75, 3.05) is 39.3 Å². The minimum absolute atomic E-state index is 0.170. The van der Waals surface area contributed by atoms with E-state index in [1.54, 1.807) is 0 Å². The van der Waals surface area contributed by atoms with E-state index >= 15 is 0 Å². The molecule has 1 saturated heterocycles. The topological polar surface area (TPSA) is 85.2 Å². The van der Waals surface area contributed by atoms with Crippen LogP contribution in [0.2, 0.25) is 0 Å². The molecular weight excluding hydrogens is 280 g/mol. The monoisotopic (exact) mass is 298 g/mol. The number of carbonyl (C=O) groups excluding carboxylic acids is 2. The standard InChI is InChI=1S/C12H18N4O3S/c1-9(18)13-12-14-11(19)10(20-12)8-16-4-2-15(3-5-16)6-7-17/h8,17H,2-7H2,1H3,(H,13,14,18,19)/b10-8-. The number of hydrogen-bond donors (Lipinski definition) is 2. The smallest absolute Gasteiger partial charge is 0.287 e. The molecule has 1 fully saturated rings. The number of aliphatic hydroxyl groups is 1. The summed E-state index contributed by atoms with van der Waals surface area (Å²) in [7, 11) is 0. The predicted octanol–water partition coefficient (Wildman–Crippen LogP) is -0.797. The van der Waals surface area contributed by atoms with Crippen molar-refractivity contribution in [3.05, 3.63) is 11.1 Å². The maximum Gasteiger partial charge on any atom is 0.287 e. The van der Waals surface area contributed by atoms with Crippen LogP contribution in [-0.2, 0) is 9.59 Å². The average molecular weight is 298 g/mol. The lowest BCUT2D eigenvalue weighted by atomic mass is 10.3. The van der Waals surface area contributed by atoms with Gasteiger partial charge >= 0.3 is 0 Å². The lowest BCUT2D eigenvalue weighted by Crippen LogP contribution is -2.45. The molecule has 2 aliphatic rings. The minimum Gasteiger partial charge on any atom is -0.395 e. The Bertz CT molecular complexity index is 456. The average Bonchev–Trinajstić information content (AvgIpc) is 2.71. The summed E-state index contributed by atoms with van der Waals surface area (Å²) in [5.74, 6) is -0.542. The van der Waals surface area contributed by atoms with Gasteiger partial charge in [0.25, 0.3) is 5.91 Å². The van der Waals surface area contributed by atoms with Crippen LogP contribution in [0.5, 0.6) is 0 Å². The highest BCUT2D eigenvalue weighted by molar-refractivity contribution is 8.18. The first-order chi connectivity index (χ1) is 9.58. The van der Waals surface area contributed by atoms with Gasteiger partial charge in [0.1, 0.15) is 0 Å². The van der Waals surface area contributed by atoms with Crippen molar-refractivity contribution in [1.82, 2.24) is 15.1 Å². The number of amides is 2. The zero-order valence-corrected chi connectivity index (χ0v) is 12.2. The summed E-state index contributed by atoms with van der Waals surface area (Å²) in [6, 6.07) is 0. The Hall–Kier alpha value is -1.38. The van der Waals surface area contributed by atoms with Crippen LogP contribution >= 0.6 is 11.8 Å². The molecule has 20 heavy (non-hydrogen) atoms. The van der Waals surface area contributed by atoms with E-state index in [0.717, 1.165) is 26.2 Å². The second-order valence-electron chi connectivity index (χ2n) is 4.60. The molecule has 2 aliphatic heterocycles. The van der Waals surface area contributed by atoms with E-state index in [2.05, 4.69) is 20.1 Å². The molecule has 0 aromatic rings. The highest BCUT2D eigenvalue weighted by Gasteiger charge is 2.24. The molecule has 0 radical (unpaired) electrons. The Labute approximate surface area is 121 Å². The molecule has 2 rings (SSSR count). The number of thioether (sulfide) groups is 1. The van der Waals surface area contributed by atoms with E-state index in [1.165, 1.54) is 18.7 Å². The maximum absolute atomic E-state index is 11.7. The van der Waals surface area contributed by atoms with Gasteiger partial charge in [0.05, 0.1) is 11.5 Å². The zero-order chi connectivity index (χ0) is 14.5. The van der Waals surface area contributed by atoms with Gasteiger partial charge in [-0.2, -0.15) is 4.99 Å². The number of hydrogen-bond acceptors (Lipinski definition) is 6. The normalized spacial score (nSPS) is 22.3. The van der Waals surface area contributed by atoms with Crippen LogP contribution in [0.1, 0.15) is 6.92 Å². The van der Waals surface area contributed by atoms with Gasteiger partial charge in [-0.1, -0.05) is 0 Å². The molecule has 8 heteroatoms. The van der Waals surface area contributed by atoms with E-state index in [1.807, 2.05) is 6.20 Å². The van der Waals surface area contributed by atoms with Crippen molar-refractivity contribution < 1.29 is 14.7 Å². The summed E-state index contributed by atoms with van der Waals surface area (Å²) in [5.41, 5.74) is 0. The number of nitrogens with one attached hydrogen (secondary N) is 1. The van der Waals surface area contributed by atoms with Gasteiger partial charge in [-0.25, -0.2) is 0 Å². The Morgan fingerprint density at radius 3 is 2.75 bits per heavy atom. The molecule has 0 aliphatic carbocycles. The van der Waals surface area contributed by atoms with Crippen molar-refractivity contribution in [2.45, 2.75) is 6.92 Å². The van der Waals surface area contributed by atoms with Gasteiger partial charge in [0.15, 0.2) is 5.17 Å². The molecule has 2 amide bonds. The van der Waals surface area contributed by atoms with Crippen LogP contribution in [0.15, 0.2) is 16.1 Å². The summed E-state index contributed by atoms with van der Waals surface area (Å²) in [4.78, 5) is 31.2. The van der Waals surface area contributed by atoms with Gasteiger partial charge in [-0.15, -0.1) is 0 Å². The van der Waals surface area contributed by atoms with Crippen LogP contribution < -0.4 is 5.32 Å². The number of amidine groups is 1. The molecule has 0 unspecified atom stereocenters. The van der Waals surface area contributed by atoms with E-state index in [0.29, 0.717) is 16.6 Å². The second kappa shape index (κ2) is 6.87. The Morgan fingerprint density at radius 1 is 1.45 bits per heavy atom. The first-order valence-electron chi connectivity index (χ1n) is 6.46. The predicted molar refractivity (Wildman–Crippen MR) is 77.0 cm³/mol. The molecular formula is C12H18N4O3S. The van der Waals surface area contributed by atoms with Crippen LogP contribution in [0, 0.1) is 0 Å². The largest absolute Gasteiger partial charge is 0.395 e. The lowest BCUT2D eigenvalue weighted by Gasteiger charge is -2.33. The van der Waals surface area contributed by atoms with E-state index in [-0.39, 0.29) is 18.4 Å². The van der Waals surface area contributed by atoms with Crippen molar-refractivity contribution in [3.8, 4) is 0 Å². The first kappa shape index (κ1) is 15.0. The molecule has 2 N–H and O–H groups in total. The number of carbonyl (C=O) groups is 2. The van der Waals surface area contributed by atoms with Crippen molar-refractivity contribution in [1.29, 1.82) is 0 Å². The van der Waals surface area contributed by atoms with Gasteiger partial charge in [0, 0.05) is 45.8 Å². The van der Waals surface area contributed by atoms with Crippen LogP contribution in [0.3, 0.4) is 0 Å². The van der Waals surface area contributed by atoms with E-state index < -0.39 is 0 Å². The first-order valence-corrected chi connectivity index (χ1v) is 7.27. The Morgan fingerprint density at radius 2 is 2.15 bits per heavy atom. The molecule has 110 valence electrons. The molecule has 2 heterocycles. The molecule has 0 aromatic carbocycles. The van der Waals surface area contributed by atoms with Crippen molar-refractivity contribution >= 4 is 28.7 Å². The number of nitrogens with zero attached hydrogens (tertiary/aromatic N) is 3. The minimum atomic E-state index is -0.309. The Balaban J connectivity index is 1.87. The van der Waals surface area contributed by atoms with Gasteiger partial charge in [-0.3, -0.25) is 14.5 Å². The van der Waals surface area contributed by atoms with E-state index in [4.69, 9.17) is 5.11 Å². The summed E-state index contributed by atoms with van der Waals surface area (Å²) in [5, 5.41) is 11.7. The fourth-order valence-corrected chi connectivity index (χ4v) is 2.89. The lowest BCUT2D eigenvalue weighted by molar-refractivity contribution is -0.117. The van der Waals surface area contributed by atoms with Crippen molar-refractivity contribution in [2.24, 2.45) is 4.99 Å². The molecule has 0 saturated carbocycles. The number of rotatable bonds is 3. The van der Waals surface area contributed by atoms with Gasteiger partial charge in [0.2, 0.25) is 5.91 Å². The summed E-state index contributed by atoms with van der Waals surface area (Å²) in [6.45, 7) is 5.59. The fraction of sp³-hybridized carbons (Fsp3) is 0.583. The summed E-state index contributed by atoms with van der Waals surface area (Å²) < 4.78 is 0. The highest BCUT2D eigenvalue weighted by Crippen LogP contribution is 2.25. The fourth-order valence-electron chi connectivity index (χ4n) is 2.03. The number of aliphatic hydroxyl groups excluding tert-OH is 1. The van der Waals surface area contributed by atoms with Crippen LogP contribution in [0.25, 0.3) is 0 Å². The Kier molecular flexibility index (Phi) is 5.16. The van der Waals surface area contributed by atoms with Gasteiger partial charge < -0.3 is 15.3 Å².